The van der Waals surface area contributed by atoms with E-state index in [2.05, 4.69) is 19.0 Å². The monoisotopic (exact) mass is 115 g/mol. The molecule has 50 valence electrons. The minimum absolute atomic E-state index is 0.935. The first kappa shape index (κ1) is 7.96. The molecule has 0 unspecified atom stereocenters. The summed E-state index contributed by atoms with van der Waals surface area (Å²) < 4.78 is 0. The highest BCUT2D eigenvalue weighted by Crippen LogP contribution is 2.23. The fraction of sp³-hybridized carbons (Fsp3) is 1.00. The Bertz CT molecular complexity index is 46.3. The summed E-state index contributed by atoms with van der Waals surface area (Å²) in [6.45, 7) is 4.00. The Labute approximate surface area is 52.7 Å². The number of hydrogen-bond donors (Lipinski definition) is 0. The van der Waals surface area contributed by atoms with Crippen molar-refractivity contribution in [1.82, 2.24) is 4.90 Å². The molecule has 0 aromatic heterocycles. The summed E-state index contributed by atoms with van der Waals surface area (Å²) in [4.78, 5) is 2.28. The van der Waals surface area contributed by atoms with Gasteiger partial charge < -0.3 is 4.90 Å². The molecular formula is C7H17N. The van der Waals surface area contributed by atoms with Gasteiger partial charge in [-0.2, -0.15) is 0 Å². The zero-order chi connectivity index (χ0) is 6.57. The minimum Gasteiger partial charge on any atom is -0.306 e. The third kappa shape index (κ3) is 3.03. The van der Waals surface area contributed by atoms with Crippen LogP contribution in [0.4, 0.5) is 0 Å². The smallest absolute Gasteiger partial charge is 0.00903 e. The molecule has 0 radical (unpaired) electrons. The Morgan fingerprint density at radius 3 is 1.50 bits per heavy atom. The van der Waals surface area contributed by atoms with Crippen LogP contribution in [-0.2, 0) is 0 Å². The van der Waals surface area contributed by atoms with Crippen LogP contribution in [0.3, 0.4) is 0 Å². The number of nitrogens with zero attached hydrogens (tertiary/aromatic N) is 1. The van der Waals surface area contributed by atoms with Crippen LogP contribution < -0.4 is 0 Å². The molecular weight excluding hydrogens is 98.1 g/mol. The van der Waals surface area contributed by atoms with Crippen LogP contribution in [0.25, 0.3) is 0 Å². The molecule has 0 atom stereocenters. The van der Waals surface area contributed by atoms with Gasteiger partial charge in [0.25, 0.3) is 0 Å². The maximum Gasteiger partial charge on any atom is 0.00903 e. The van der Waals surface area contributed by atoms with Crippen LogP contribution in [0.1, 0.15) is 26.7 Å². The molecule has 1 aliphatic rings. The van der Waals surface area contributed by atoms with Crippen molar-refractivity contribution in [2.45, 2.75) is 32.7 Å². The van der Waals surface area contributed by atoms with Gasteiger partial charge in [0.1, 0.15) is 0 Å². The Hall–Kier alpha value is -0.0400. The van der Waals surface area contributed by atoms with E-state index in [9.17, 15) is 0 Å². The highest BCUT2D eigenvalue weighted by Gasteiger charge is 2.22. The molecule has 0 aromatic rings. The van der Waals surface area contributed by atoms with Crippen molar-refractivity contribution in [3.8, 4) is 0 Å². The molecule has 0 aliphatic heterocycles. The van der Waals surface area contributed by atoms with Crippen LogP contribution >= 0.6 is 0 Å². The Morgan fingerprint density at radius 1 is 1.12 bits per heavy atom. The summed E-state index contributed by atoms with van der Waals surface area (Å²) in [6, 6.07) is 0.935. The lowest BCUT2D eigenvalue weighted by molar-refractivity contribution is 0.399. The largest absolute Gasteiger partial charge is 0.306 e. The molecule has 0 amide bonds. The van der Waals surface area contributed by atoms with Gasteiger partial charge in [-0.3, -0.25) is 0 Å². The van der Waals surface area contributed by atoms with E-state index in [1.165, 1.54) is 12.8 Å². The molecule has 0 heterocycles. The molecule has 1 aliphatic carbocycles. The molecule has 0 N–H and O–H groups in total. The zero-order valence-electron chi connectivity index (χ0n) is 6.44. The van der Waals surface area contributed by atoms with Crippen molar-refractivity contribution in [3.05, 3.63) is 0 Å². The fourth-order valence-electron chi connectivity index (χ4n) is 0.591. The summed E-state index contributed by atoms with van der Waals surface area (Å²) in [5, 5.41) is 0. The first-order valence-electron chi connectivity index (χ1n) is 3.47. The second kappa shape index (κ2) is 3.90. The fourth-order valence-corrected chi connectivity index (χ4v) is 0.591. The highest BCUT2D eigenvalue weighted by molar-refractivity contribution is 4.79. The first-order chi connectivity index (χ1) is 3.80. The van der Waals surface area contributed by atoms with Gasteiger partial charge in [0.2, 0.25) is 0 Å². The lowest BCUT2D eigenvalue weighted by atomic mass is 10.6. The Morgan fingerprint density at radius 2 is 1.50 bits per heavy atom. The third-order valence-corrected chi connectivity index (χ3v) is 1.28. The normalized spacial score (nSPS) is 17.6. The third-order valence-electron chi connectivity index (χ3n) is 1.28. The maximum atomic E-state index is 2.28. The second-order valence-electron chi connectivity index (χ2n) is 2.19. The number of hydrogen-bond acceptors (Lipinski definition) is 1. The zero-order valence-corrected chi connectivity index (χ0v) is 6.44. The lowest BCUT2D eigenvalue weighted by Crippen LogP contribution is -2.12. The molecule has 0 saturated heterocycles. The van der Waals surface area contributed by atoms with Crippen molar-refractivity contribution in [1.29, 1.82) is 0 Å². The average molecular weight is 115 g/mol. The summed E-state index contributed by atoms with van der Waals surface area (Å²) >= 11 is 0. The average Bonchev–Trinajstić information content (AvgIpc) is 2.50. The quantitative estimate of drug-likeness (QED) is 0.503. The van der Waals surface area contributed by atoms with Crippen molar-refractivity contribution in [2.75, 3.05) is 14.1 Å². The van der Waals surface area contributed by atoms with Gasteiger partial charge in [-0.1, -0.05) is 13.8 Å². The van der Waals surface area contributed by atoms with Gasteiger partial charge in [0.15, 0.2) is 0 Å². The van der Waals surface area contributed by atoms with E-state index in [0.29, 0.717) is 0 Å². The predicted octanol–water partition coefficient (Wildman–Crippen LogP) is 1.74. The summed E-state index contributed by atoms with van der Waals surface area (Å²) in [7, 11) is 4.27. The summed E-state index contributed by atoms with van der Waals surface area (Å²) in [6.07, 6.45) is 2.85. The molecule has 0 spiro atoms. The molecule has 1 nitrogen and oxygen atoms in total. The summed E-state index contributed by atoms with van der Waals surface area (Å²) in [5.41, 5.74) is 0. The Balaban J connectivity index is 0.000000222. The SMILES string of the molecule is CC.CN(C)C1CC1. The van der Waals surface area contributed by atoms with E-state index < -0.39 is 0 Å². The first-order valence-corrected chi connectivity index (χ1v) is 3.47. The van der Waals surface area contributed by atoms with E-state index >= 15 is 0 Å². The van der Waals surface area contributed by atoms with E-state index in [4.69, 9.17) is 0 Å². The van der Waals surface area contributed by atoms with Crippen molar-refractivity contribution >= 4 is 0 Å². The van der Waals surface area contributed by atoms with Crippen molar-refractivity contribution in [3.63, 3.8) is 0 Å². The molecule has 1 heteroatoms. The van der Waals surface area contributed by atoms with Gasteiger partial charge in [-0.25, -0.2) is 0 Å². The molecule has 0 aromatic carbocycles. The van der Waals surface area contributed by atoms with Crippen LogP contribution in [0.15, 0.2) is 0 Å². The maximum absolute atomic E-state index is 2.28. The van der Waals surface area contributed by atoms with Crippen molar-refractivity contribution < 1.29 is 0 Å². The molecule has 8 heavy (non-hydrogen) atoms. The number of rotatable bonds is 1. The standard InChI is InChI=1S/C5H11N.C2H6/c1-6(2)5-3-4-5;1-2/h5H,3-4H2,1-2H3;1-2H3. The van der Waals surface area contributed by atoms with E-state index in [1.54, 1.807) is 0 Å². The minimum atomic E-state index is 0.935. The van der Waals surface area contributed by atoms with Crippen LogP contribution in [0.5, 0.6) is 0 Å². The lowest BCUT2D eigenvalue weighted by Gasteiger charge is -2.03. The van der Waals surface area contributed by atoms with E-state index in [1.807, 2.05) is 13.8 Å². The van der Waals surface area contributed by atoms with Crippen LogP contribution in [-0.4, -0.2) is 25.0 Å². The molecule has 1 rings (SSSR count). The molecule has 0 bridgehead atoms. The van der Waals surface area contributed by atoms with Gasteiger partial charge in [0.05, 0.1) is 0 Å². The topological polar surface area (TPSA) is 3.24 Å². The van der Waals surface area contributed by atoms with Crippen LogP contribution in [0, 0.1) is 0 Å². The van der Waals surface area contributed by atoms with Crippen LogP contribution in [0.2, 0.25) is 0 Å². The van der Waals surface area contributed by atoms with Gasteiger partial charge >= 0.3 is 0 Å². The molecule has 1 fully saturated rings. The Kier molecular flexibility index (Phi) is 3.88. The van der Waals surface area contributed by atoms with Gasteiger partial charge in [0, 0.05) is 6.04 Å². The molecule has 1 saturated carbocycles. The van der Waals surface area contributed by atoms with E-state index in [-0.39, 0.29) is 0 Å². The highest BCUT2D eigenvalue weighted by atomic mass is 15.1. The van der Waals surface area contributed by atoms with Gasteiger partial charge in [-0.15, -0.1) is 0 Å². The van der Waals surface area contributed by atoms with Crippen molar-refractivity contribution in [2.24, 2.45) is 0 Å². The van der Waals surface area contributed by atoms with Gasteiger partial charge in [-0.05, 0) is 26.9 Å². The predicted molar refractivity (Wildman–Crippen MR) is 38.1 cm³/mol. The summed E-state index contributed by atoms with van der Waals surface area (Å²) in [5.74, 6) is 0. The second-order valence-corrected chi connectivity index (χ2v) is 2.19. The van der Waals surface area contributed by atoms with E-state index in [0.717, 1.165) is 6.04 Å².